The molecule has 0 spiro atoms. The van der Waals surface area contributed by atoms with Gasteiger partial charge in [0.2, 0.25) is 0 Å². The Morgan fingerprint density at radius 2 is 1.91 bits per heavy atom. The van der Waals surface area contributed by atoms with Crippen LogP contribution in [-0.2, 0) is 38.6 Å². The molecule has 2 aromatic heterocycles. The summed E-state index contributed by atoms with van der Waals surface area (Å²) in [4.78, 5) is 56.0. The standard InChI is InChI=1S/C22H35N5O6/c1-6-7-10-26-20-19(21(30)25-22(26)31)27(11-14(2)3)16(24-20)8-9-18(29)33-13-17(28)23-15(4)12-32-5/h14-15H,6-13H2,1-5H3,(H,23,28)(H,25,30,31). The summed E-state index contributed by atoms with van der Waals surface area (Å²) in [5, 5.41) is 2.66. The molecule has 0 aliphatic carbocycles. The molecular formula is C22H35N5O6. The Morgan fingerprint density at radius 1 is 1.18 bits per heavy atom. The Labute approximate surface area is 192 Å². The molecule has 2 rings (SSSR count). The van der Waals surface area contributed by atoms with Crippen molar-refractivity contribution in [1.82, 2.24) is 24.4 Å². The van der Waals surface area contributed by atoms with Crippen molar-refractivity contribution in [3.05, 3.63) is 26.7 Å². The minimum atomic E-state index is -0.551. The first-order chi connectivity index (χ1) is 15.7. The van der Waals surface area contributed by atoms with Gasteiger partial charge in [-0.25, -0.2) is 9.78 Å². The van der Waals surface area contributed by atoms with E-state index in [-0.39, 0.29) is 31.4 Å². The molecule has 0 saturated carbocycles. The van der Waals surface area contributed by atoms with Crippen molar-refractivity contribution in [2.24, 2.45) is 5.92 Å². The van der Waals surface area contributed by atoms with Crippen molar-refractivity contribution in [2.45, 2.75) is 72.5 Å². The van der Waals surface area contributed by atoms with Gasteiger partial charge in [-0.05, 0) is 19.3 Å². The largest absolute Gasteiger partial charge is 0.456 e. The summed E-state index contributed by atoms with van der Waals surface area (Å²) in [6.07, 6.45) is 1.85. The monoisotopic (exact) mass is 465 g/mol. The predicted octanol–water partition coefficient (Wildman–Crippen LogP) is 0.969. The average Bonchev–Trinajstić information content (AvgIpc) is 3.08. The van der Waals surface area contributed by atoms with E-state index in [1.807, 2.05) is 20.8 Å². The lowest BCUT2D eigenvalue weighted by atomic mass is 10.2. The molecule has 0 aromatic carbocycles. The Kier molecular flexibility index (Phi) is 9.83. The number of nitrogens with zero attached hydrogens (tertiary/aromatic N) is 3. The van der Waals surface area contributed by atoms with Gasteiger partial charge in [0.05, 0.1) is 13.0 Å². The highest BCUT2D eigenvalue weighted by molar-refractivity contribution is 5.80. The molecule has 2 N–H and O–H groups in total. The third-order valence-electron chi connectivity index (χ3n) is 4.99. The van der Waals surface area contributed by atoms with E-state index in [9.17, 15) is 19.2 Å². The lowest BCUT2D eigenvalue weighted by molar-refractivity contribution is -0.148. The summed E-state index contributed by atoms with van der Waals surface area (Å²) in [7, 11) is 1.53. The quantitative estimate of drug-likeness (QED) is 0.421. The van der Waals surface area contributed by atoms with Crippen LogP contribution in [-0.4, -0.2) is 57.3 Å². The number of carbonyl (C=O) groups excluding carboxylic acids is 2. The molecule has 0 fully saturated rings. The maximum Gasteiger partial charge on any atom is 0.330 e. The van der Waals surface area contributed by atoms with Crippen LogP contribution >= 0.6 is 0 Å². The van der Waals surface area contributed by atoms with Crippen molar-refractivity contribution >= 4 is 23.0 Å². The lowest BCUT2D eigenvalue weighted by Gasteiger charge is -2.13. The fourth-order valence-electron chi connectivity index (χ4n) is 3.53. The number of aromatic amines is 1. The number of imidazole rings is 1. The summed E-state index contributed by atoms with van der Waals surface area (Å²) in [6.45, 7) is 8.74. The van der Waals surface area contributed by atoms with Crippen molar-refractivity contribution in [3.63, 3.8) is 0 Å². The van der Waals surface area contributed by atoms with Crippen LogP contribution in [0, 0.1) is 5.92 Å². The third-order valence-corrected chi connectivity index (χ3v) is 4.99. The number of hydrogen-bond acceptors (Lipinski definition) is 7. The highest BCUT2D eigenvalue weighted by atomic mass is 16.5. The number of fused-ring (bicyclic) bond motifs is 1. The molecule has 0 aliphatic rings. The van der Waals surface area contributed by atoms with Gasteiger partial charge in [-0.3, -0.25) is 23.9 Å². The van der Waals surface area contributed by atoms with Gasteiger partial charge in [0.15, 0.2) is 17.8 Å². The Morgan fingerprint density at radius 3 is 2.55 bits per heavy atom. The van der Waals surface area contributed by atoms with Gasteiger partial charge in [-0.1, -0.05) is 27.2 Å². The molecule has 0 radical (unpaired) electrons. The van der Waals surface area contributed by atoms with Gasteiger partial charge in [0.1, 0.15) is 5.82 Å². The first-order valence-electron chi connectivity index (χ1n) is 11.3. The van der Waals surface area contributed by atoms with Gasteiger partial charge < -0.3 is 19.4 Å². The number of amides is 1. The van der Waals surface area contributed by atoms with Gasteiger partial charge in [-0.15, -0.1) is 0 Å². The Bertz CT molecular complexity index is 1070. The highest BCUT2D eigenvalue weighted by Gasteiger charge is 2.20. The topological polar surface area (TPSA) is 137 Å². The number of hydrogen-bond donors (Lipinski definition) is 2. The van der Waals surface area contributed by atoms with E-state index >= 15 is 0 Å². The first kappa shape index (κ1) is 26.3. The summed E-state index contributed by atoms with van der Waals surface area (Å²) in [6, 6.07) is -0.194. The number of ether oxygens (including phenoxy) is 2. The fraction of sp³-hybridized carbons (Fsp3) is 0.682. The molecule has 11 heteroatoms. The summed E-state index contributed by atoms with van der Waals surface area (Å²) >= 11 is 0. The second-order valence-corrected chi connectivity index (χ2v) is 8.55. The number of H-pyrrole nitrogens is 1. The van der Waals surface area contributed by atoms with Crippen molar-refractivity contribution in [1.29, 1.82) is 0 Å². The van der Waals surface area contributed by atoms with Crippen LogP contribution in [0.5, 0.6) is 0 Å². The Balaban J connectivity index is 2.19. The van der Waals surface area contributed by atoms with E-state index in [2.05, 4.69) is 15.3 Å². The lowest BCUT2D eigenvalue weighted by Crippen LogP contribution is -2.38. The molecule has 1 amide bonds. The number of unbranched alkanes of at least 4 members (excludes halogenated alkanes) is 1. The number of aryl methyl sites for hydroxylation is 2. The first-order valence-corrected chi connectivity index (χ1v) is 11.3. The SMILES string of the molecule is CCCCn1c(=O)[nH]c(=O)c2c1nc(CCC(=O)OCC(=O)NC(C)COC)n2CC(C)C. The molecular weight excluding hydrogens is 430 g/mol. The molecule has 0 saturated heterocycles. The number of carbonyl (C=O) groups is 2. The van der Waals surface area contributed by atoms with Gasteiger partial charge in [0, 0.05) is 32.7 Å². The zero-order valence-corrected chi connectivity index (χ0v) is 20.1. The van der Waals surface area contributed by atoms with Crippen molar-refractivity contribution in [2.75, 3.05) is 20.3 Å². The van der Waals surface area contributed by atoms with Crippen LogP contribution in [0.2, 0.25) is 0 Å². The molecule has 2 heterocycles. The highest BCUT2D eigenvalue weighted by Crippen LogP contribution is 2.16. The van der Waals surface area contributed by atoms with Gasteiger partial charge in [-0.2, -0.15) is 0 Å². The number of rotatable bonds is 13. The van der Waals surface area contributed by atoms with Crippen LogP contribution in [0.4, 0.5) is 0 Å². The van der Waals surface area contributed by atoms with Crippen molar-refractivity contribution in [3.8, 4) is 0 Å². The molecule has 2 aromatic rings. The van der Waals surface area contributed by atoms with Crippen LogP contribution in [0.3, 0.4) is 0 Å². The second-order valence-electron chi connectivity index (χ2n) is 8.55. The maximum atomic E-state index is 12.6. The minimum absolute atomic E-state index is 0.0145. The smallest absolute Gasteiger partial charge is 0.330 e. The van der Waals surface area contributed by atoms with E-state index in [1.54, 1.807) is 11.5 Å². The van der Waals surface area contributed by atoms with E-state index in [1.165, 1.54) is 11.7 Å². The molecule has 33 heavy (non-hydrogen) atoms. The molecule has 184 valence electrons. The van der Waals surface area contributed by atoms with E-state index in [0.29, 0.717) is 36.7 Å². The molecule has 11 nitrogen and oxygen atoms in total. The second kappa shape index (κ2) is 12.3. The number of esters is 1. The van der Waals surface area contributed by atoms with Crippen LogP contribution in [0.25, 0.3) is 11.2 Å². The Hall–Kier alpha value is -2.95. The number of methoxy groups -OCH3 is 1. The van der Waals surface area contributed by atoms with Crippen LogP contribution in [0.1, 0.15) is 52.8 Å². The van der Waals surface area contributed by atoms with Crippen LogP contribution < -0.4 is 16.6 Å². The summed E-state index contributed by atoms with van der Waals surface area (Å²) in [5.41, 5.74) is -0.330. The molecule has 0 bridgehead atoms. The predicted molar refractivity (Wildman–Crippen MR) is 123 cm³/mol. The van der Waals surface area contributed by atoms with E-state index in [0.717, 1.165) is 12.8 Å². The molecule has 0 aliphatic heterocycles. The van der Waals surface area contributed by atoms with Crippen LogP contribution in [0.15, 0.2) is 9.59 Å². The molecule has 1 atom stereocenters. The van der Waals surface area contributed by atoms with Gasteiger partial charge >= 0.3 is 11.7 Å². The maximum absolute atomic E-state index is 12.6. The zero-order valence-electron chi connectivity index (χ0n) is 20.1. The fourth-order valence-corrected chi connectivity index (χ4v) is 3.53. The van der Waals surface area contributed by atoms with Gasteiger partial charge in [0.25, 0.3) is 11.5 Å². The van der Waals surface area contributed by atoms with E-state index < -0.39 is 23.1 Å². The normalized spacial score (nSPS) is 12.3. The average molecular weight is 466 g/mol. The van der Waals surface area contributed by atoms with E-state index in [4.69, 9.17) is 9.47 Å². The third kappa shape index (κ3) is 7.28. The number of aromatic nitrogens is 4. The molecule has 1 unspecified atom stereocenters. The minimum Gasteiger partial charge on any atom is -0.456 e. The van der Waals surface area contributed by atoms with Crippen molar-refractivity contribution < 1.29 is 19.1 Å². The summed E-state index contributed by atoms with van der Waals surface area (Å²) < 4.78 is 13.3. The number of nitrogens with one attached hydrogen (secondary N) is 2. The summed E-state index contributed by atoms with van der Waals surface area (Å²) in [5.74, 6) is -0.229. The zero-order chi connectivity index (χ0) is 24.5.